The highest BCUT2D eigenvalue weighted by Gasteiger charge is 2.28. The van der Waals surface area contributed by atoms with Gasteiger partial charge in [-0.1, -0.05) is 6.92 Å². The van der Waals surface area contributed by atoms with Crippen molar-refractivity contribution in [2.24, 2.45) is 5.92 Å². The van der Waals surface area contributed by atoms with E-state index in [4.69, 9.17) is 0 Å². The molecule has 3 unspecified atom stereocenters. The monoisotopic (exact) mass is 311 g/mol. The zero-order valence-electron chi connectivity index (χ0n) is 10.6. The molecule has 2 rings (SSSR count). The van der Waals surface area contributed by atoms with Crippen molar-refractivity contribution in [2.75, 3.05) is 6.54 Å². The molecule has 1 amide bonds. The summed E-state index contributed by atoms with van der Waals surface area (Å²) in [6.07, 6.45) is 4.35. The average molecular weight is 312 g/mol. The number of amides is 1. The molecule has 2 heterocycles. The molecule has 1 aromatic rings. The number of carbonyl (C=O) groups excluding carboxylic acids is 1. The largest absolute Gasteiger partial charge is 0.347 e. The SMILES string of the molecule is CC1CCNC(C)C1NC(=O)c1cncc(Br)c1. The third-order valence-corrected chi connectivity index (χ3v) is 3.92. The van der Waals surface area contributed by atoms with Crippen molar-refractivity contribution < 1.29 is 4.79 Å². The van der Waals surface area contributed by atoms with Crippen LogP contribution in [0.5, 0.6) is 0 Å². The second kappa shape index (κ2) is 5.80. The molecular formula is C13H18BrN3O. The van der Waals surface area contributed by atoms with Crippen LogP contribution in [0.2, 0.25) is 0 Å². The molecule has 0 spiro atoms. The third-order valence-electron chi connectivity index (χ3n) is 3.48. The van der Waals surface area contributed by atoms with Gasteiger partial charge in [-0.15, -0.1) is 0 Å². The van der Waals surface area contributed by atoms with Gasteiger partial charge in [-0.25, -0.2) is 0 Å². The van der Waals surface area contributed by atoms with Crippen LogP contribution in [0.4, 0.5) is 0 Å². The first-order chi connectivity index (χ1) is 8.58. The lowest BCUT2D eigenvalue weighted by atomic mass is 9.89. The third kappa shape index (κ3) is 3.09. The van der Waals surface area contributed by atoms with E-state index in [1.165, 1.54) is 0 Å². The minimum Gasteiger partial charge on any atom is -0.347 e. The normalized spacial score (nSPS) is 27.8. The van der Waals surface area contributed by atoms with Gasteiger partial charge in [0, 0.05) is 29.0 Å². The van der Waals surface area contributed by atoms with Crippen LogP contribution in [-0.2, 0) is 0 Å². The van der Waals surface area contributed by atoms with Gasteiger partial charge < -0.3 is 10.6 Å². The zero-order valence-corrected chi connectivity index (χ0v) is 12.2. The smallest absolute Gasteiger partial charge is 0.253 e. The van der Waals surface area contributed by atoms with E-state index in [-0.39, 0.29) is 11.9 Å². The van der Waals surface area contributed by atoms with Crippen molar-refractivity contribution in [1.82, 2.24) is 15.6 Å². The van der Waals surface area contributed by atoms with E-state index in [1.807, 2.05) is 0 Å². The van der Waals surface area contributed by atoms with Crippen LogP contribution in [0.3, 0.4) is 0 Å². The van der Waals surface area contributed by atoms with Crippen LogP contribution >= 0.6 is 15.9 Å². The fourth-order valence-electron chi connectivity index (χ4n) is 2.38. The molecule has 1 fully saturated rings. The molecule has 98 valence electrons. The first-order valence-electron chi connectivity index (χ1n) is 6.22. The number of aromatic nitrogens is 1. The van der Waals surface area contributed by atoms with Crippen molar-refractivity contribution in [1.29, 1.82) is 0 Å². The number of pyridine rings is 1. The second-order valence-electron chi connectivity index (χ2n) is 4.90. The Morgan fingerprint density at radius 2 is 2.28 bits per heavy atom. The van der Waals surface area contributed by atoms with Crippen LogP contribution in [-0.4, -0.2) is 29.5 Å². The van der Waals surface area contributed by atoms with Crippen molar-refractivity contribution in [2.45, 2.75) is 32.4 Å². The van der Waals surface area contributed by atoms with Gasteiger partial charge in [0.15, 0.2) is 0 Å². The molecule has 1 saturated heterocycles. The number of halogens is 1. The number of nitrogens with one attached hydrogen (secondary N) is 2. The topological polar surface area (TPSA) is 54.0 Å². The predicted octanol–water partition coefficient (Wildman–Crippen LogP) is 1.96. The van der Waals surface area contributed by atoms with E-state index in [0.717, 1.165) is 17.4 Å². The molecule has 0 saturated carbocycles. The Bertz CT molecular complexity index is 428. The molecule has 2 N–H and O–H groups in total. The fraction of sp³-hybridized carbons (Fsp3) is 0.538. The Hall–Kier alpha value is -0.940. The van der Waals surface area contributed by atoms with Crippen molar-refractivity contribution >= 4 is 21.8 Å². The molecule has 4 nitrogen and oxygen atoms in total. The number of rotatable bonds is 2. The summed E-state index contributed by atoms with van der Waals surface area (Å²) >= 11 is 3.32. The fourth-order valence-corrected chi connectivity index (χ4v) is 2.74. The van der Waals surface area contributed by atoms with Gasteiger partial charge in [0.1, 0.15) is 0 Å². The first kappa shape index (κ1) is 13.5. The number of piperidine rings is 1. The van der Waals surface area contributed by atoms with Gasteiger partial charge in [-0.05, 0) is 47.8 Å². The van der Waals surface area contributed by atoms with E-state index in [1.54, 1.807) is 18.5 Å². The highest BCUT2D eigenvalue weighted by molar-refractivity contribution is 9.10. The molecule has 3 atom stereocenters. The lowest BCUT2D eigenvalue weighted by Crippen LogP contribution is -2.55. The molecule has 1 aliphatic rings. The first-order valence-corrected chi connectivity index (χ1v) is 7.02. The number of hydrogen-bond donors (Lipinski definition) is 2. The van der Waals surface area contributed by atoms with E-state index in [2.05, 4.69) is 45.4 Å². The Morgan fingerprint density at radius 3 is 2.94 bits per heavy atom. The maximum Gasteiger partial charge on any atom is 0.253 e. The summed E-state index contributed by atoms with van der Waals surface area (Å²) in [7, 11) is 0. The Kier molecular flexibility index (Phi) is 4.35. The van der Waals surface area contributed by atoms with E-state index in [0.29, 0.717) is 17.5 Å². The summed E-state index contributed by atoms with van der Waals surface area (Å²) in [6.45, 7) is 5.31. The molecule has 0 aromatic carbocycles. The second-order valence-corrected chi connectivity index (χ2v) is 5.82. The van der Waals surface area contributed by atoms with Crippen molar-refractivity contribution in [3.05, 3.63) is 28.5 Å². The molecule has 5 heteroatoms. The Balaban J connectivity index is 2.06. The highest BCUT2D eigenvalue weighted by Crippen LogP contribution is 2.17. The Labute approximate surface area is 116 Å². The average Bonchev–Trinajstić information content (AvgIpc) is 2.34. The molecule has 1 aliphatic heterocycles. The number of carbonyl (C=O) groups is 1. The van der Waals surface area contributed by atoms with Crippen LogP contribution in [0.1, 0.15) is 30.6 Å². The van der Waals surface area contributed by atoms with Crippen molar-refractivity contribution in [3.63, 3.8) is 0 Å². The molecule has 0 bridgehead atoms. The van der Waals surface area contributed by atoms with Gasteiger partial charge in [-0.3, -0.25) is 9.78 Å². The summed E-state index contributed by atoms with van der Waals surface area (Å²) in [6, 6.07) is 2.26. The van der Waals surface area contributed by atoms with Gasteiger partial charge in [0.05, 0.1) is 5.56 Å². The van der Waals surface area contributed by atoms with Crippen LogP contribution < -0.4 is 10.6 Å². The van der Waals surface area contributed by atoms with E-state index < -0.39 is 0 Å². The van der Waals surface area contributed by atoms with Gasteiger partial charge in [0.25, 0.3) is 5.91 Å². The van der Waals surface area contributed by atoms with E-state index in [9.17, 15) is 4.79 Å². The number of nitrogens with zero attached hydrogens (tertiary/aromatic N) is 1. The predicted molar refractivity (Wildman–Crippen MR) is 74.4 cm³/mol. The number of hydrogen-bond acceptors (Lipinski definition) is 3. The maximum atomic E-state index is 12.2. The molecule has 0 radical (unpaired) electrons. The lowest BCUT2D eigenvalue weighted by Gasteiger charge is -2.36. The summed E-state index contributed by atoms with van der Waals surface area (Å²) in [5, 5.41) is 6.49. The molecular weight excluding hydrogens is 294 g/mol. The quantitative estimate of drug-likeness (QED) is 0.878. The molecule has 18 heavy (non-hydrogen) atoms. The van der Waals surface area contributed by atoms with Crippen LogP contribution in [0.25, 0.3) is 0 Å². The Morgan fingerprint density at radius 1 is 1.50 bits per heavy atom. The van der Waals surface area contributed by atoms with Gasteiger partial charge in [0.2, 0.25) is 0 Å². The van der Waals surface area contributed by atoms with Gasteiger partial charge in [-0.2, -0.15) is 0 Å². The molecule has 1 aromatic heterocycles. The minimum absolute atomic E-state index is 0.0591. The minimum atomic E-state index is -0.0591. The summed E-state index contributed by atoms with van der Waals surface area (Å²) in [5.74, 6) is 0.432. The maximum absolute atomic E-state index is 12.2. The van der Waals surface area contributed by atoms with Crippen molar-refractivity contribution in [3.8, 4) is 0 Å². The summed E-state index contributed by atoms with van der Waals surface area (Å²) < 4.78 is 0.818. The standard InChI is InChI=1S/C13H18BrN3O/c1-8-3-4-16-9(2)12(8)17-13(18)10-5-11(14)7-15-6-10/h5-9,12,16H,3-4H2,1-2H3,(H,17,18). The van der Waals surface area contributed by atoms with E-state index >= 15 is 0 Å². The highest BCUT2D eigenvalue weighted by atomic mass is 79.9. The van der Waals surface area contributed by atoms with Crippen LogP contribution in [0.15, 0.2) is 22.9 Å². The lowest BCUT2D eigenvalue weighted by molar-refractivity contribution is 0.0897. The summed E-state index contributed by atoms with van der Waals surface area (Å²) in [5.41, 5.74) is 0.592. The summed E-state index contributed by atoms with van der Waals surface area (Å²) in [4.78, 5) is 16.2. The van der Waals surface area contributed by atoms with Crippen LogP contribution in [0, 0.1) is 5.92 Å². The zero-order chi connectivity index (χ0) is 13.1. The molecule has 0 aliphatic carbocycles. The van der Waals surface area contributed by atoms with Gasteiger partial charge >= 0.3 is 0 Å².